The molecule has 0 aliphatic rings. The average Bonchev–Trinajstić information content (AvgIpc) is 2.80. The highest BCUT2D eigenvalue weighted by Crippen LogP contribution is 2.35. The molecule has 33 heavy (non-hydrogen) atoms. The van der Waals surface area contributed by atoms with Gasteiger partial charge in [-0.05, 0) is 12.5 Å². The number of aromatic nitrogens is 1. The van der Waals surface area contributed by atoms with Crippen LogP contribution in [0.15, 0.2) is 71.9 Å². The van der Waals surface area contributed by atoms with E-state index in [9.17, 15) is 20.1 Å². The van der Waals surface area contributed by atoms with Gasteiger partial charge in [0.15, 0.2) is 0 Å². The lowest BCUT2D eigenvalue weighted by Gasteiger charge is -2.22. The first-order chi connectivity index (χ1) is 15.9. The SMILES string of the molecule is CCOC(=O)Nc1cc(NC(/C(=N/O)c2ccccc2)c2ccccc2)c([N+](=O)[O-])c(N)n1. The number of nitrogen functional groups attached to an aromatic ring is 1. The molecule has 0 fully saturated rings. The number of nitrogens with two attached hydrogens (primary N) is 1. The Kier molecular flexibility index (Phi) is 7.37. The van der Waals surface area contributed by atoms with E-state index in [0.717, 1.165) is 0 Å². The van der Waals surface area contributed by atoms with E-state index in [-0.39, 0.29) is 23.8 Å². The average molecular weight is 450 g/mol. The predicted octanol–water partition coefficient (Wildman–Crippen LogP) is 4.17. The minimum absolute atomic E-state index is 0.0368. The lowest BCUT2D eigenvalue weighted by molar-refractivity contribution is -0.383. The van der Waals surface area contributed by atoms with E-state index in [0.29, 0.717) is 11.1 Å². The van der Waals surface area contributed by atoms with Crippen LogP contribution in [0.3, 0.4) is 0 Å². The molecule has 3 rings (SSSR count). The van der Waals surface area contributed by atoms with Crippen molar-refractivity contribution < 1.29 is 19.7 Å². The number of oxime groups is 1. The van der Waals surface area contributed by atoms with Crippen LogP contribution in [0.4, 0.5) is 27.8 Å². The van der Waals surface area contributed by atoms with Crippen LogP contribution in [-0.4, -0.2) is 33.5 Å². The number of carbonyl (C=O) groups excluding carboxylic acids is 1. The first-order valence-electron chi connectivity index (χ1n) is 9.92. The zero-order valence-corrected chi connectivity index (χ0v) is 17.6. The smallest absolute Gasteiger partial charge is 0.412 e. The molecule has 0 aliphatic heterocycles. The molecule has 0 radical (unpaired) electrons. The topological polar surface area (TPSA) is 165 Å². The minimum Gasteiger partial charge on any atom is -0.450 e. The fourth-order valence-corrected chi connectivity index (χ4v) is 3.20. The van der Waals surface area contributed by atoms with Gasteiger partial charge in [0.2, 0.25) is 5.82 Å². The van der Waals surface area contributed by atoms with E-state index in [2.05, 4.69) is 20.8 Å². The summed E-state index contributed by atoms with van der Waals surface area (Å²) in [5.74, 6) is -0.459. The molecule has 11 nitrogen and oxygen atoms in total. The number of anilines is 3. The third kappa shape index (κ3) is 5.53. The normalized spacial score (nSPS) is 12.0. The number of benzene rings is 2. The first kappa shape index (κ1) is 23.0. The molecule has 3 aromatic rings. The van der Waals surface area contributed by atoms with Crippen LogP contribution in [0, 0.1) is 10.1 Å². The molecule has 1 atom stereocenters. The Bertz CT molecular complexity index is 1150. The van der Waals surface area contributed by atoms with Crippen molar-refractivity contribution in [3.05, 3.63) is 88.0 Å². The molecule has 1 aromatic heterocycles. The van der Waals surface area contributed by atoms with E-state index < -0.39 is 28.6 Å². The van der Waals surface area contributed by atoms with Crippen LogP contribution < -0.4 is 16.4 Å². The summed E-state index contributed by atoms with van der Waals surface area (Å²) in [6, 6.07) is 18.2. The van der Waals surface area contributed by atoms with E-state index in [1.165, 1.54) is 6.07 Å². The van der Waals surface area contributed by atoms with Gasteiger partial charge in [-0.2, -0.15) is 0 Å². The van der Waals surface area contributed by atoms with Gasteiger partial charge in [-0.15, -0.1) is 0 Å². The third-order valence-electron chi connectivity index (χ3n) is 4.59. The molecule has 11 heteroatoms. The molecule has 0 aliphatic carbocycles. The number of nitrogens with one attached hydrogen (secondary N) is 2. The fourth-order valence-electron chi connectivity index (χ4n) is 3.20. The highest BCUT2D eigenvalue weighted by molar-refractivity contribution is 6.06. The summed E-state index contributed by atoms with van der Waals surface area (Å²) in [6.45, 7) is 1.76. The number of hydrogen-bond acceptors (Lipinski definition) is 9. The zero-order chi connectivity index (χ0) is 23.8. The van der Waals surface area contributed by atoms with E-state index in [4.69, 9.17) is 10.5 Å². The second-order valence-electron chi connectivity index (χ2n) is 6.73. The monoisotopic (exact) mass is 450 g/mol. The molecule has 1 amide bonds. The summed E-state index contributed by atoms with van der Waals surface area (Å²) in [7, 11) is 0. The van der Waals surface area contributed by atoms with Crippen LogP contribution >= 0.6 is 0 Å². The van der Waals surface area contributed by atoms with Crippen molar-refractivity contribution in [2.75, 3.05) is 23.0 Å². The van der Waals surface area contributed by atoms with E-state index >= 15 is 0 Å². The van der Waals surface area contributed by atoms with Crippen molar-refractivity contribution in [1.82, 2.24) is 4.98 Å². The standard InChI is InChI=1S/C22H22N6O5/c1-2-33-22(29)26-17-13-16(20(28(31)32)21(23)25-17)24-18(14-9-5-3-6-10-14)19(27-30)15-11-7-4-8-12-15/h3-13,18,30H,2H2,1H3,(H4,23,24,25,26,29)/b27-19+. The van der Waals surface area contributed by atoms with Gasteiger partial charge in [0.05, 0.1) is 17.6 Å². The number of pyridine rings is 1. The van der Waals surface area contributed by atoms with Gasteiger partial charge in [0.1, 0.15) is 17.2 Å². The maximum atomic E-state index is 11.8. The quantitative estimate of drug-likeness (QED) is 0.172. The molecule has 1 heterocycles. The number of hydrogen-bond donors (Lipinski definition) is 4. The Labute approximate surface area is 189 Å². The van der Waals surface area contributed by atoms with Crippen molar-refractivity contribution in [2.24, 2.45) is 5.16 Å². The van der Waals surface area contributed by atoms with Crippen LogP contribution in [-0.2, 0) is 4.74 Å². The molecular weight excluding hydrogens is 428 g/mol. The molecule has 0 saturated heterocycles. The van der Waals surface area contributed by atoms with Crippen molar-refractivity contribution in [3.63, 3.8) is 0 Å². The molecule has 170 valence electrons. The number of nitro groups is 1. The minimum atomic E-state index is -0.811. The summed E-state index contributed by atoms with van der Waals surface area (Å²) in [5.41, 5.74) is 6.79. The number of rotatable bonds is 8. The van der Waals surface area contributed by atoms with Gasteiger partial charge in [0.25, 0.3) is 0 Å². The molecule has 1 unspecified atom stereocenters. The molecule has 5 N–H and O–H groups in total. The summed E-state index contributed by atoms with van der Waals surface area (Å²) in [4.78, 5) is 26.8. The summed E-state index contributed by atoms with van der Waals surface area (Å²) >= 11 is 0. The van der Waals surface area contributed by atoms with Crippen LogP contribution in [0.25, 0.3) is 0 Å². The second kappa shape index (κ2) is 10.6. The molecule has 0 bridgehead atoms. The Morgan fingerprint density at radius 3 is 2.42 bits per heavy atom. The number of carbonyl (C=O) groups is 1. The lowest BCUT2D eigenvalue weighted by atomic mass is 9.96. The number of amides is 1. The van der Waals surface area contributed by atoms with Gasteiger partial charge in [0, 0.05) is 11.6 Å². The highest BCUT2D eigenvalue weighted by Gasteiger charge is 2.28. The first-order valence-corrected chi connectivity index (χ1v) is 9.92. The van der Waals surface area contributed by atoms with Gasteiger partial charge < -0.3 is 21.0 Å². The fraction of sp³-hybridized carbons (Fsp3) is 0.136. The third-order valence-corrected chi connectivity index (χ3v) is 4.59. The van der Waals surface area contributed by atoms with Crippen molar-refractivity contribution in [3.8, 4) is 0 Å². The Morgan fingerprint density at radius 2 is 1.85 bits per heavy atom. The summed E-state index contributed by atoms with van der Waals surface area (Å²) in [6.07, 6.45) is -0.786. The van der Waals surface area contributed by atoms with Gasteiger partial charge in [-0.3, -0.25) is 15.4 Å². The molecule has 0 spiro atoms. The molecule has 2 aromatic carbocycles. The molecular formula is C22H22N6O5. The largest absolute Gasteiger partial charge is 0.450 e. The van der Waals surface area contributed by atoms with Gasteiger partial charge in [-0.25, -0.2) is 9.78 Å². The van der Waals surface area contributed by atoms with Crippen molar-refractivity contribution >= 4 is 34.8 Å². The Balaban J connectivity index is 2.10. The number of nitrogens with zero attached hydrogens (tertiary/aromatic N) is 3. The van der Waals surface area contributed by atoms with Crippen molar-refractivity contribution in [2.45, 2.75) is 13.0 Å². The maximum absolute atomic E-state index is 11.8. The van der Waals surface area contributed by atoms with Crippen LogP contribution in [0.1, 0.15) is 24.1 Å². The maximum Gasteiger partial charge on any atom is 0.412 e. The molecule has 0 saturated carbocycles. The number of ether oxygens (including phenoxy) is 1. The lowest BCUT2D eigenvalue weighted by Crippen LogP contribution is -2.23. The summed E-state index contributed by atoms with van der Waals surface area (Å²) in [5, 5.41) is 30.5. The zero-order valence-electron chi connectivity index (χ0n) is 17.6. The van der Waals surface area contributed by atoms with Crippen LogP contribution in [0.2, 0.25) is 0 Å². The van der Waals surface area contributed by atoms with Crippen molar-refractivity contribution in [1.29, 1.82) is 0 Å². The van der Waals surface area contributed by atoms with Crippen LogP contribution in [0.5, 0.6) is 0 Å². The van der Waals surface area contributed by atoms with Gasteiger partial charge in [-0.1, -0.05) is 65.8 Å². The Hall–Kier alpha value is -4.67. The van der Waals surface area contributed by atoms with Gasteiger partial charge >= 0.3 is 11.8 Å². The Morgan fingerprint density at radius 1 is 1.21 bits per heavy atom. The van der Waals surface area contributed by atoms with E-state index in [1.54, 1.807) is 55.5 Å². The predicted molar refractivity (Wildman–Crippen MR) is 124 cm³/mol. The second-order valence-corrected chi connectivity index (χ2v) is 6.73. The highest BCUT2D eigenvalue weighted by atomic mass is 16.6. The summed E-state index contributed by atoms with van der Waals surface area (Å²) < 4.78 is 4.83. The van der Waals surface area contributed by atoms with E-state index in [1.807, 2.05) is 12.1 Å².